The molecule has 0 N–H and O–H groups in total. The topological polar surface area (TPSA) is 34.1 Å². The van der Waals surface area contributed by atoms with E-state index in [0.29, 0.717) is 11.1 Å². The fourth-order valence-electron chi connectivity index (χ4n) is 1.34. The summed E-state index contributed by atoms with van der Waals surface area (Å²) in [6.45, 7) is 0. The Balaban J connectivity index is 2.75. The van der Waals surface area contributed by atoms with Gasteiger partial charge in [0.05, 0.1) is 0 Å². The van der Waals surface area contributed by atoms with Crippen LogP contribution in [0, 0.1) is 0 Å². The first-order chi connectivity index (χ1) is 6.05. The van der Waals surface area contributed by atoms with Gasteiger partial charge >= 0.3 is 0 Å². The van der Waals surface area contributed by atoms with E-state index in [1.807, 2.05) is 0 Å². The van der Waals surface area contributed by atoms with Gasteiger partial charge in [0.1, 0.15) is 0 Å². The van der Waals surface area contributed by atoms with Gasteiger partial charge in [0.25, 0.3) is 0 Å². The number of rotatable bonds is 0. The number of hydrogen-bond acceptors (Lipinski definition) is 2. The molecule has 0 fully saturated rings. The normalized spacial score (nSPS) is 18.9. The molecule has 0 radical (unpaired) electrons. The second-order valence-corrected chi connectivity index (χ2v) is 4.11. The van der Waals surface area contributed by atoms with Crippen LogP contribution in [0.3, 0.4) is 0 Å². The fourth-order valence-corrected chi connectivity index (χ4v) is 1.84. The molecule has 1 aromatic rings. The summed E-state index contributed by atoms with van der Waals surface area (Å²) in [7, 11) is 0. The van der Waals surface area contributed by atoms with E-state index in [1.54, 1.807) is 24.3 Å². The lowest BCUT2D eigenvalue weighted by atomic mass is 10.1. The van der Waals surface area contributed by atoms with Crippen LogP contribution in [0.2, 0.25) is 0 Å². The number of ketones is 2. The van der Waals surface area contributed by atoms with Crippen molar-refractivity contribution in [2.45, 2.75) is 4.33 Å². The Morgan fingerprint density at radius 2 is 1.69 bits per heavy atom. The van der Waals surface area contributed by atoms with Crippen molar-refractivity contribution in [1.82, 2.24) is 0 Å². The number of carbonyl (C=O) groups is 2. The minimum Gasteiger partial charge on any atom is -0.287 e. The Labute approximate surface area is 84.4 Å². The van der Waals surface area contributed by atoms with E-state index in [4.69, 9.17) is 23.2 Å². The number of benzene rings is 1. The largest absolute Gasteiger partial charge is 0.287 e. The Morgan fingerprint density at radius 3 is 2.31 bits per heavy atom. The lowest BCUT2D eigenvalue weighted by Crippen LogP contribution is -2.21. The van der Waals surface area contributed by atoms with Crippen molar-refractivity contribution in [2.24, 2.45) is 0 Å². The van der Waals surface area contributed by atoms with E-state index in [9.17, 15) is 9.59 Å². The Kier molecular flexibility index (Phi) is 1.72. The van der Waals surface area contributed by atoms with E-state index in [1.165, 1.54) is 0 Å². The van der Waals surface area contributed by atoms with Gasteiger partial charge in [0.2, 0.25) is 15.9 Å². The molecule has 0 saturated heterocycles. The third kappa shape index (κ3) is 1.02. The quantitative estimate of drug-likeness (QED) is 0.490. The average molecular weight is 215 g/mol. The summed E-state index contributed by atoms with van der Waals surface area (Å²) in [4.78, 5) is 22.6. The third-order valence-corrected chi connectivity index (χ3v) is 2.75. The number of Topliss-reactive ketones (excluding diaryl/α,β-unsaturated/α-hetero) is 2. The summed E-state index contributed by atoms with van der Waals surface area (Å²) < 4.78 is -1.69. The molecule has 0 saturated carbocycles. The molecule has 1 aromatic carbocycles. The molecule has 0 heterocycles. The summed E-state index contributed by atoms with van der Waals surface area (Å²) in [5, 5.41) is 0. The predicted octanol–water partition coefficient (Wildman–Crippen LogP) is 2.08. The highest BCUT2D eigenvalue weighted by molar-refractivity contribution is 6.71. The van der Waals surface area contributed by atoms with Crippen LogP contribution in [0.25, 0.3) is 0 Å². The molecule has 0 aliphatic heterocycles. The molecule has 0 bridgehead atoms. The van der Waals surface area contributed by atoms with Crippen molar-refractivity contribution >= 4 is 34.8 Å². The summed E-state index contributed by atoms with van der Waals surface area (Å²) >= 11 is 11.5. The Hall–Kier alpha value is -0.860. The second-order valence-electron chi connectivity index (χ2n) is 2.78. The smallest absolute Gasteiger partial charge is 0.243 e. The van der Waals surface area contributed by atoms with Crippen LogP contribution in [-0.4, -0.2) is 11.6 Å². The molecular formula is C9H4Cl2O2. The van der Waals surface area contributed by atoms with Crippen molar-refractivity contribution < 1.29 is 9.59 Å². The van der Waals surface area contributed by atoms with Gasteiger partial charge in [-0.15, -0.1) is 0 Å². The molecule has 2 rings (SSSR count). The summed E-state index contributed by atoms with van der Waals surface area (Å²) in [6, 6.07) is 6.48. The molecule has 13 heavy (non-hydrogen) atoms. The maximum atomic E-state index is 11.3. The Morgan fingerprint density at radius 1 is 1.08 bits per heavy atom. The van der Waals surface area contributed by atoms with Gasteiger partial charge in [-0.3, -0.25) is 9.59 Å². The number of hydrogen-bond donors (Lipinski definition) is 0. The van der Waals surface area contributed by atoms with Crippen LogP contribution >= 0.6 is 23.2 Å². The molecule has 0 unspecified atom stereocenters. The summed E-state index contributed by atoms with van der Waals surface area (Å²) in [6.07, 6.45) is 0. The van der Waals surface area contributed by atoms with Gasteiger partial charge in [-0.05, 0) is 0 Å². The minimum atomic E-state index is -1.69. The van der Waals surface area contributed by atoms with E-state index in [2.05, 4.69) is 0 Å². The van der Waals surface area contributed by atoms with E-state index in [-0.39, 0.29) is 0 Å². The highest BCUT2D eigenvalue weighted by Crippen LogP contribution is 2.42. The first-order valence-corrected chi connectivity index (χ1v) is 4.37. The van der Waals surface area contributed by atoms with Crippen LogP contribution < -0.4 is 0 Å². The fraction of sp³-hybridized carbons (Fsp3) is 0.111. The zero-order chi connectivity index (χ0) is 9.64. The second kappa shape index (κ2) is 2.56. The molecule has 0 atom stereocenters. The number of carbonyl (C=O) groups excluding carboxylic acids is 2. The third-order valence-electron chi connectivity index (χ3n) is 2.00. The first-order valence-electron chi connectivity index (χ1n) is 3.61. The highest BCUT2D eigenvalue weighted by Gasteiger charge is 2.49. The maximum Gasteiger partial charge on any atom is 0.243 e. The lowest BCUT2D eigenvalue weighted by Gasteiger charge is -2.08. The molecule has 66 valence electrons. The van der Waals surface area contributed by atoms with Crippen LogP contribution in [0.4, 0.5) is 0 Å². The molecule has 0 aromatic heterocycles. The molecule has 0 amide bonds. The van der Waals surface area contributed by atoms with Gasteiger partial charge in [0.15, 0.2) is 0 Å². The molecule has 1 aliphatic carbocycles. The zero-order valence-corrected chi connectivity index (χ0v) is 7.89. The number of halogens is 2. The molecular weight excluding hydrogens is 211 g/mol. The van der Waals surface area contributed by atoms with Gasteiger partial charge in [0, 0.05) is 11.1 Å². The molecule has 4 heteroatoms. The van der Waals surface area contributed by atoms with Gasteiger partial charge < -0.3 is 0 Å². The van der Waals surface area contributed by atoms with Crippen LogP contribution in [0.15, 0.2) is 24.3 Å². The number of fused-ring (bicyclic) bond motifs is 1. The van der Waals surface area contributed by atoms with Gasteiger partial charge in [-0.1, -0.05) is 47.5 Å². The summed E-state index contributed by atoms with van der Waals surface area (Å²) in [5.41, 5.74) is 0.686. The zero-order valence-electron chi connectivity index (χ0n) is 6.38. The van der Waals surface area contributed by atoms with Crippen LogP contribution in [-0.2, 0) is 9.13 Å². The Bertz CT molecular complexity index is 410. The molecule has 0 spiro atoms. The van der Waals surface area contributed by atoms with Crippen molar-refractivity contribution in [1.29, 1.82) is 0 Å². The lowest BCUT2D eigenvalue weighted by molar-refractivity contribution is -0.115. The van der Waals surface area contributed by atoms with E-state index < -0.39 is 15.9 Å². The van der Waals surface area contributed by atoms with Crippen molar-refractivity contribution in [3.8, 4) is 0 Å². The number of alkyl halides is 2. The maximum absolute atomic E-state index is 11.3. The molecule has 1 aliphatic rings. The van der Waals surface area contributed by atoms with Crippen molar-refractivity contribution in [3.05, 3.63) is 35.4 Å². The minimum absolute atomic E-state index is 0.303. The average Bonchev–Trinajstić information content (AvgIpc) is 2.30. The predicted molar refractivity (Wildman–Crippen MR) is 49.2 cm³/mol. The van der Waals surface area contributed by atoms with Crippen LogP contribution in [0.5, 0.6) is 0 Å². The molecule has 2 nitrogen and oxygen atoms in total. The highest BCUT2D eigenvalue weighted by atomic mass is 35.5. The van der Waals surface area contributed by atoms with Crippen molar-refractivity contribution in [3.63, 3.8) is 0 Å². The van der Waals surface area contributed by atoms with Crippen molar-refractivity contribution in [2.75, 3.05) is 0 Å². The van der Waals surface area contributed by atoms with E-state index in [0.717, 1.165) is 0 Å². The summed E-state index contributed by atoms with van der Waals surface area (Å²) in [5.74, 6) is -1.38. The van der Waals surface area contributed by atoms with Gasteiger partial charge in [-0.25, -0.2) is 0 Å². The SMILES string of the molecule is O=C1C(=O)C(Cl)(Cl)c2ccccc21. The van der Waals surface area contributed by atoms with Crippen LogP contribution in [0.1, 0.15) is 15.9 Å². The monoisotopic (exact) mass is 214 g/mol. The first kappa shape index (κ1) is 8.73. The van der Waals surface area contributed by atoms with E-state index >= 15 is 0 Å². The van der Waals surface area contributed by atoms with Gasteiger partial charge in [-0.2, -0.15) is 0 Å². The standard InChI is InChI=1S/C9H4Cl2O2/c10-9(11)6-4-2-1-3-5(6)7(12)8(9)13/h1-4H.